The van der Waals surface area contributed by atoms with Gasteiger partial charge in [0.05, 0.1) is 0 Å². The number of carbonyl (C=O) groups is 1. The lowest BCUT2D eigenvalue weighted by Gasteiger charge is -2.44. The molecule has 0 aromatic rings. The lowest BCUT2D eigenvalue weighted by molar-refractivity contribution is -0.132. The smallest absolute Gasteiger partial charge is 0.331 e. The zero-order valence-electron chi connectivity index (χ0n) is 13.4. The Kier molecular flexibility index (Phi) is 4.14. The van der Waals surface area contributed by atoms with Crippen LogP contribution in [0.2, 0.25) is 0 Å². The fourth-order valence-corrected chi connectivity index (χ4v) is 3.20. The van der Waals surface area contributed by atoms with Gasteiger partial charge in [-0.05, 0) is 58.6 Å². The minimum Gasteiger partial charge on any atom is -0.478 e. The van der Waals surface area contributed by atoms with Gasteiger partial charge in [-0.3, -0.25) is 0 Å². The van der Waals surface area contributed by atoms with Crippen LogP contribution in [0.4, 0.5) is 0 Å². The van der Waals surface area contributed by atoms with Crippen molar-refractivity contribution in [1.82, 2.24) is 0 Å². The van der Waals surface area contributed by atoms with Crippen LogP contribution < -0.4 is 0 Å². The third-order valence-electron chi connectivity index (χ3n) is 5.67. The molecule has 0 aliphatic heterocycles. The van der Waals surface area contributed by atoms with E-state index in [0.717, 1.165) is 5.57 Å². The molecule has 0 fully saturated rings. The minimum atomic E-state index is -0.819. The molecule has 1 N–H and O–H groups in total. The highest BCUT2D eigenvalue weighted by molar-refractivity contribution is 5.87. The molecule has 1 rings (SSSR count). The number of hydrogen-bond donors (Lipinski definition) is 1. The third-order valence-corrected chi connectivity index (χ3v) is 5.67. The van der Waals surface area contributed by atoms with Crippen LogP contribution in [-0.4, -0.2) is 11.1 Å². The molecule has 0 aromatic heterocycles. The molecular formula is C17H26O2. The van der Waals surface area contributed by atoms with Gasteiger partial charge in [0, 0.05) is 11.0 Å². The van der Waals surface area contributed by atoms with Crippen molar-refractivity contribution < 1.29 is 9.90 Å². The van der Waals surface area contributed by atoms with Gasteiger partial charge in [-0.1, -0.05) is 30.6 Å². The first-order valence-corrected chi connectivity index (χ1v) is 6.83. The van der Waals surface area contributed by atoms with Gasteiger partial charge in [-0.15, -0.1) is 0 Å². The number of carboxylic acids is 1. The van der Waals surface area contributed by atoms with E-state index in [0.29, 0.717) is 11.5 Å². The Labute approximate surface area is 116 Å². The number of rotatable bonds is 2. The maximum absolute atomic E-state index is 11.3. The largest absolute Gasteiger partial charge is 0.478 e. The topological polar surface area (TPSA) is 37.3 Å². The maximum atomic E-state index is 11.3. The average Bonchev–Trinajstić information content (AvgIpc) is 2.38. The highest BCUT2D eigenvalue weighted by atomic mass is 16.4. The SMILES string of the molecule is CC1=C(C)C(C)C(C)(C(C)=C(C)C(=O)O)C(C)=C1C. The van der Waals surface area contributed by atoms with Gasteiger partial charge in [-0.25, -0.2) is 4.79 Å². The van der Waals surface area contributed by atoms with E-state index in [9.17, 15) is 9.90 Å². The van der Waals surface area contributed by atoms with Crippen LogP contribution in [0, 0.1) is 11.3 Å². The molecule has 0 spiro atoms. The lowest BCUT2D eigenvalue weighted by atomic mass is 9.60. The number of hydrogen-bond acceptors (Lipinski definition) is 1. The van der Waals surface area contributed by atoms with E-state index in [-0.39, 0.29) is 5.41 Å². The summed E-state index contributed by atoms with van der Waals surface area (Å²) in [5, 5.41) is 9.27. The quantitative estimate of drug-likeness (QED) is 0.730. The zero-order valence-corrected chi connectivity index (χ0v) is 13.4. The number of carboxylic acid groups (broad SMARTS) is 1. The predicted molar refractivity (Wildman–Crippen MR) is 80.0 cm³/mol. The van der Waals surface area contributed by atoms with Gasteiger partial charge in [0.25, 0.3) is 0 Å². The van der Waals surface area contributed by atoms with Crippen LogP contribution in [0.1, 0.15) is 55.4 Å². The molecule has 0 saturated carbocycles. The Bertz CT molecular complexity index is 511. The molecule has 19 heavy (non-hydrogen) atoms. The maximum Gasteiger partial charge on any atom is 0.331 e. The molecule has 0 radical (unpaired) electrons. The monoisotopic (exact) mass is 262 g/mol. The van der Waals surface area contributed by atoms with Crippen LogP contribution in [0.5, 0.6) is 0 Å². The summed E-state index contributed by atoms with van der Waals surface area (Å²) in [7, 11) is 0. The second-order valence-corrected chi connectivity index (χ2v) is 6.04. The Hall–Kier alpha value is -1.31. The van der Waals surface area contributed by atoms with Gasteiger partial charge in [0.2, 0.25) is 0 Å². The summed E-state index contributed by atoms with van der Waals surface area (Å²) >= 11 is 0. The molecular weight excluding hydrogens is 236 g/mol. The molecule has 0 saturated heterocycles. The van der Waals surface area contributed by atoms with Crippen molar-refractivity contribution in [3.05, 3.63) is 33.4 Å². The standard InChI is InChI=1S/C17H26O2/c1-9-10(2)13(5)17(8,14(6)11(9)3)15(7)12(4)16(18)19/h13H,1-8H3,(H,18,19). The second kappa shape index (κ2) is 4.99. The number of aliphatic carboxylic acids is 1. The third kappa shape index (κ3) is 2.18. The molecule has 2 nitrogen and oxygen atoms in total. The van der Waals surface area contributed by atoms with Crippen LogP contribution >= 0.6 is 0 Å². The van der Waals surface area contributed by atoms with Crippen LogP contribution in [0.25, 0.3) is 0 Å². The van der Waals surface area contributed by atoms with Crippen molar-refractivity contribution in [3.63, 3.8) is 0 Å². The second-order valence-electron chi connectivity index (χ2n) is 6.04. The minimum absolute atomic E-state index is 0.198. The van der Waals surface area contributed by atoms with Gasteiger partial charge >= 0.3 is 5.97 Å². The molecule has 2 unspecified atom stereocenters. The highest BCUT2D eigenvalue weighted by Gasteiger charge is 2.41. The van der Waals surface area contributed by atoms with E-state index in [2.05, 4.69) is 41.5 Å². The van der Waals surface area contributed by atoms with E-state index in [1.165, 1.54) is 22.3 Å². The van der Waals surface area contributed by atoms with Gasteiger partial charge < -0.3 is 5.11 Å². The summed E-state index contributed by atoms with van der Waals surface area (Å²) in [6.07, 6.45) is 0. The first kappa shape index (κ1) is 15.7. The first-order valence-electron chi connectivity index (χ1n) is 6.83. The van der Waals surface area contributed by atoms with E-state index >= 15 is 0 Å². The Morgan fingerprint density at radius 3 is 2.00 bits per heavy atom. The summed E-state index contributed by atoms with van der Waals surface area (Å²) in [6, 6.07) is 0. The van der Waals surface area contributed by atoms with Crippen molar-refractivity contribution in [1.29, 1.82) is 0 Å². The van der Waals surface area contributed by atoms with Crippen molar-refractivity contribution >= 4 is 5.97 Å². The van der Waals surface area contributed by atoms with Crippen LogP contribution in [0.15, 0.2) is 33.4 Å². The van der Waals surface area contributed by atoms with Crippen molar-refractivity contribution in [3.8, 4) is 0 Å². The molecule has 2 atom stereocenters. The normalized spacial score (nSPS) is 29.6. The average molecular weight is 262 g/mol. The molecule has 0 amide bonds. The Morgan fingerprint density at radius 1 is 1.11 bits per heavy atom. The van der Waals surface area contributed by atoms with Gasteiger partial charge in [-0.2, -0.15) is 0 Å². The molecule has 2 heteroatoms. The molecule has 0 heterocycles. The van der Waals surface area contributed by atoms with E-state index in [1.54, 1.807) is 6.92 Å². The Morgan fingerprint density at radius 2 is 1.58 bits per heavy atom. The summed E-state index contributed by atoms with van der Waals surface area (Å²) < 4.78 is 0. The summed E-state index contributed by atoms with van der Waals surface area (Å²) in [4.78, 5) is 11.3. The van der Waals surface area contributed by atoms with Gasteiger partial charge in [0.1, 0.15) is 0 Å². The van der Waals surface area contributed by atoms with E-state index < -0.39 is 5.97 Å². The molecule has 0 bridgehead atoms. The first-order chi connectivity index (χ1) is 8.56. The summed E-state index contributed by atoms with van der Waals surface area (Å²) in [5.41, 5.74) is 6.55. The van der Waals surface area contributed by atoms with Crippen molar-refractivity contribution in [2.45, 2.75) is 55.4 Å². The molecule has 1 aliphatic carbocycles. The summed E-state index contributed by atoms with van der Waals surface area (Å²) in [6.45, 7) is 16.7. The predicted octanol–water partition coefficient (Wildman–Crippen LogP) is 4.74. The fourth-order valence-electron chi connectivity index (χ4n) is 3.20. The molecule has 0 aromatic carbocycles. The van der Waals surface area contributed by atoms with Gasteiger partial charge in [0.15, 0.2) is 0 Å². The molecule has 1 aliphatic rings. The van der Waals surface area contributed by atoms with E-state index in [4.69, 9.17) is 0 Å². The number of allylic oxidation sites excluding steroid dienone is 5. The lowest BCUT2D eigenvalue weighted by Crippen LogP contribution is -2.34. The van der Waals surface area contributed by atoms with E-state index in [1.807, 2.05) is 6.92 Å². The molecule has 106 valence electrons. The van der Waals surface area contributed by atoms with Crippen LogP contribution in [-0.2, 0) is 4.79 Å². The zero-order chi connectivity index (χ0) is 15.1. The Balaban J connectivity index is 3.59. The van der Waals surface area contributed by atoms with Crippen molar-refractivity contribution in [2.24, 2.45) is 11.3 Å². The van der Waals surface area contributed by atoms with Crippen LogP contribution in [0.3, 0.4) is 0 Å². The van der Waals surface area contributed by atoms with Crippen molar-refractivity contribution in [2.75, 3.05) is 0 Å². The summed E-state index contributed by atoms with van der Waals surface area (Å²) in [5.74, 6) is -0.495. The fraction of sp³-hybridized carbons (Fsp3) is 0.588. The highest BCUT2D eigenvalue weighted by Crippen LogP contribution is 2.51.